The maximum absolute atomic E-state index is 8.65. The van der Waals surface area contributed by atoms with Gasteiger partial charge in [-0.15, -0.1) is 0 Å². The van der Waals surface area contributed by atoms with Crippen LogP contribution in [0.4, 0.5) is 11.6 Å². The highest BCUT2D eigenvalue weighted by molar-refractivity contribution is 5.81. The number of oxime groups is 1. The number of rotatable bonds is 6. The summed E-state index contributed by atoms with van der Waals surface area (Å²) in [4.78, 5) is 8.74. The lowest BCUT2D eigenvalue weighted by Crippen LogP contribution is -1.99. The van der Waals surface area contributed by atoms with E-state index in [-0.39, 0.29) is 0 Å². The van der Waals surface area contributed by atoms with Gasteiger partial charge in [-0.3, -0.25) is 4.98 Å². The van der Waals surface area contributed by atoms with E-state index in [9.17, 15) is 0 Å². The largest absolute Gasteiger partial charge is 0.497 e. The number of aromatic nitrogens is 3. The molecule has 0 fully saturated rings. The third kappa shape index (κ3) is 3.96. The number of hydrogen-bond donors (Lipinski definition) is 2. The van der Waals surface area contributed by atoms with Crippen molar-refractivity contribution in [3.05, 3.63) is 66.5 Å². The van der Waals surface area contributed by atoms with Crippen molar-refractivity contribution in [1.82, 2.24) is 14.5 Å². The van der Waals surface area contributed by atoms with Crippen LogP contribution in [0, 0.1) is 0 Å². The molecule has 0 radical (unpaired) electrons. The van der Waals surface area contributed by atoms with E-state index in [1.807, 2.05) is 54.1 Å². The van der Waals surface area contributed by atoms with Crippen molar-refractivity contribution in [2.75, 3.05) is 12.4 Å². The molecule has 2 heterocycles. The number of pyridine rings is 1. The van der Waals surface area contributed by atoms with Gasteiger partial charge in [-0.25, -0.2) is 4.98 Å². The molecule has 2 N–H and O–H groups in total. The molecule has 146 valence electrons. The molecule has 29 heavy (non-hydrogen) atoms. The first-order valence-electron chi connectivity index (χ1n) is 8.85. The summed E-state index contributed by atoms with van der Waals surface area (Å²) in [6.45, 7) is 0. The highest BCUT2D eigenvalue weighted by Crippen LogP contribution is 2.28. The summed E-state index contributed by atoms with van der Waals surface area (Å²) in [5, 5.41) is 14.9. The normalized spacial score (nSPS) is 11.1. The van der Waals surface area contributed by atoms with Crippen LogP contribution in [0.25, 0.3) is 11.0 Å². The van der Waals surface area contributed by atoms with Crippen molar-refractivity contribution < 1.29 is 14.7 Å². The summed E-state index contributed by atoms with van der Waals surface area (Å²) in [6, 6.07) is 16.8. The van der Waals surface area contributed by atoms with E-state index < -0.39 is 0 Å². The SMILES string of the molecule is COc1cccc(Nc2nc3cc(Oc4ccnc(C=NO)c4)ccc3n2C)c1. The number of fused-ring (bicyclic) bond motifs is 1. The fourth-order valence-corrected chi connectivity index (χ4v) is 2.94. The predicted octanol–water partition coefficient (Wildman–Crippen LogP) is 4.32. The van der Waals surface area contributed by atoms with Gasteiger partial charge in [0.1, 0.15) is 17.2 Å². The van der Waals surface area contributed by atoms with Crippen LogP contribution < -0.4 is 14.8 Å². The summed E-state index contributed by atoms with van der Waals surface area (Å²) in [5.41, 5.74) is 3.13. The van der Waals surface area contributed by atoms with Crippen molar-refractivity contribution in [3.63, 3.8) is 0 Å². The second kappa shape index (κ2) is 7.89. The highest BCUT2D eigenvalue weighted by Gasteiger charge is 2.10. The molecule has 0 spiro atoms. The van der Waals surface area contributed by atoms with E-state index >= 15 is 0 Å². The number of ether oxygens (including phenoxy) is 2. The summed E-state index contributed by atoms with van der Waals surface area (Å²) >= 11 is 0. The highest BCUT2D eigenvalue weighted by atomic mass is 16.5. The van der Waals surface area contributed by atoms with Crippen LogP contribution in [0.2, 0.25) is 0 Å². The van der Waals surface area contributed by atoms with Crippen LogP contribution in [0.15, 0.2) is 65.9 Å². The van der Waals surface area contributed by atoms with Crippen molar-refractivity contribution in [3.8, 4) is 17.2 Å². The average molecular weight is 389 g/mol. The van der Waals surface area contributed by atoms with Gasteiger partial charge >= 0.3 is 0 Å². The molecule has 0 aliphatic rings. The number of benzene rings is 2. The van der Waals surface area contributed by atoms with Gasteiger partial charge in [-0.1, -0.05) is 11.2 Å². The lowest BCUT2D eigenvalue weighted by molar-refractivity contribution is 0.321. The van der Waals surface area contributed by atoms with Crippen LogP contribution in [0.5, 0.6) is 17.2 Å². The number of nitrogens with zero attached hydrogens (tertiary/aromatic N) is 4. The molecule has 8 heteroatoms. The minimum Gasteiger partial charge on any atom is -0.497 e. The van der Waals surface area contributed by atoms with Gasteiger partial charge in [-0.2, -0.15) is 0 Å². The van der Waals surface area contributed by atoms with E-state index in [0.29, 0.717) is 23.1 Å². The van der Waals surface area contributed by atoms with Gasteiger partial charge in [0.05, 0.1) is 30.1 Å². The first-order valence-corrected chi connectivity index (χ1v) is 8.85. The fourth-order valence-electron chi connectivity index (χ4n) is 2.94. The minimum absolute atomic E-state index is 0.494. The zero-order chi connectivity index (χ0) is 20.2. The van der Waals surface area contributed by atoms with Gasteiger partial charge in [0.15, 0.2) is 0 Å². The Hall–Kier alpha value is -4.07. The fraction of sp³-hybridized carbons (Fsp3) is 0.0952. The van der Waals surface area contributed by atoms with Crippen LogP contribution in [0.3, 0.4) is 0 Å². The monoisotopic (exact) mass is 389 g/mol. The molecule has 0 amide bonds. The van der Waals surface area contributed by atoms with Crippen LogP contribution in [-0.4, -0.2) is 33.1 Å². The lowest BCUT2D eigenvalue weighted by atomic mass is 10.3. The molecule has 4 aromatic rings. The molecule has 0 saturated heterocycles. The molecule has 0 aliphatic carbocycles. The Morgan fingerprint density at radius 1 is 1.07 bits per heavy atom. The Labute approximate surface area is 167 Å². The first kappa shape index (κ1) is 18.3. The maximum Gasteiger partial charge on any atom is 0.208 e. The lowest BCUT2D eigenvalue weighted by Gasteiger charge is -2.08. The standard InChI is InChI=1S/C21H19N5O3/c1-26-20-7-6-17(29-18-8-9-22-15(11-18)13-23-27)12-19(20)25-21(26)24-14-4-3-5-16(10-14)28-2/h3-13,27H,1-2H3,(H,24,25). The third-order valence-electron chi connectivity index (χ3n) is 4.36. The van der Waals surface area contributed by atoms with Crippen molar-refractivity contribution in [2.45, 2.75) is 0 Å². The number of aryl methyl sites for hydroxylation is 1. The predicted molar refractivity (Wildman–Crippen MR) is 111 cm³/mol. The number of imidazole rings is 1. The van der Waals surface area contributed by atoms with Crippen molar-refractivity contribution >= 4 is 28.9 Å². The smallest absolute Gasteiger partial charge is 0.208 e. The average Bonchev–Trinajstić information content (AvgIpc) is 3.03. The topological polar surface area (TPSA) is 93.8 Å². The van der Waals surface area contributed by atoms with E-state index in [1.165, 1.54) is 6.21 Å². The molecule has 2 aromatic heterocycles. The number of nitrogens with one attached hydrogen (secondary N) is 1. The quantitative estimate of drug-likeness (QED) is 0.290. The van der Waals surface area contributed by atoms with E-state index in [2.05, 4.69) is 20.4 Å². The molecule has 0 aliphatic heterocycles. The van der Waals surface area contributed by atoms with E-state index in [1.54, 1.807) is 25.4 Å². The summed E-state index contributed by atoms with van der Waals surface area (Å²) in [7, 11) is 3.58. The van der Waals surface area contributed by atoms with Crippen molar-refractivity contribution in [2.24, 2.45) is 12.2 Å². The molecular formula is C21H19N5O3. The molecule has 0 atom stereocenters. The Morgan fingerprint density at radius 3 is 2.76 bits per heavy atom. The van der Waals surface area contributed by atoms with Crippen LogP contribution >= 0.6 is 0 Å². The molecule has 0 unspecified atom stereocenters. The van der Waals surface area contributed by atoms with Gasteiger partial charge in [-0.05, 0) is 30.3 Å². The molecule has 0 saturated carbocycles. The number of methoxy groups -OCH3 is 1. The van der Waals surface area contributed by atoms with Gasteiger partial charge in [0, 0.05) is 37.1 Å². The molecule has 8 nitrogen and oxygen atoms in total. The third-order valence-corrected chi connectivity index (χ3v) is 4.36. The van der Waals surface area contributed by atoms with E-state index in [4.69, 9.17) is 14.7 Å². The van der Waals surface area contributed by atoms with Crippen molar-refractivity contribution in [1.29, 1.82) is 0 Å². The summed E-state index contributed by atoms with van der Waals surface area (Å²) in [6.07, 6.45) is 2.83. The van der Waals surface area contributed by atoms with Crippen LogP contribution in [-0.2, 0) is 7.05 Å². The number of hydrogen-bond acceptors (Lipinski definition) is 7. The Kier molecular flexibility index (Phi) is 4.98. The molecular weight excluding hydrogens is 370 g/mol. The zero-order valence-electron chi connectivity index (χ0n) is 15.9. The van der Waals surface area contributed by atoms with Gasteiger partial charge in [0.25, 0.3) is 0 Å². The Bertz CT molecular complexity index is 1190. The zero-order valence-corrected chi connectivity index (χ0v) is 15.9. The summed E-state index contributed by atoms with van der Waals surface area (Å²) < 4.78 is 13.1. The second-order valence-electron chi connectivity index (χ2n) is 6.26. The Morgan fingerprint density at radius 2 is 1.93 bits per heavy atom. The molecule has 4 rings (SSSR count). The first-order chi connectivity index (χ1) is 14.2. The molecule has 0 bridgehead atoms. The molecule has 2 aromatic carbocycles. The minimum atomic E-state index is 0.494. The Balaban J connectivity index is 1.60. The van der Waals surface area contributed by atoms with Gasteiger partial charge < -0.3 is 24.6 Å². The second-order valence-corrected chi connectivity index (χ2v) is 6.26. The maximum atomic E-state index is 8.65. The van der Waals surface area contributed by atoms with Crippen LogP contribution in [0.1, 0.15) is 5.69 Å². The van der Waals surface area contributed by atoms with Gasteiger partial charge in [0.2, 0.25) is 5.95 Å². The number of anilines is 2. The van der Waals surface area contributed by atoms with E-state index in [0.717, 1.165) is 22.5 Å². The summed E-state index contributed by atoms with van der Waals surface area (Å²) in [5.74, 6) is 2.70.